The highest BCUT2D eigenvalue weighted by atomic mass is 19.4. The van der Waals surface area contributed by atoms with E-state index in [4.69, 9.17) is 9.97 Å². The van der Waals surface area contributed by atoms with Gasteiger partial charge in [0.2, 0.25) is 0 Å². The molecule has 2 heterocycles. The quantitative estimate of drug-likeness (QED) is 0.179. The third-order valence-corrected chi connectivity index (χ3v) is 14.8. The van der Waals surface area contributed by atoms with E-state index in [1.165, 1.54) is 88.0 Å². The van der Waals surface area contributed by atoms with Crippen molar-refractivity contribution in [3.63, 3.8) is 0 Å². The Labute approximate surface area is 309 Å². The molecule has 8 aromatic rings. The van der Waals surface area contributed by atoms with Crippen LogP contribution in [0.3, 0.4) is 0 Å². The molecule has 0 radical (unpaired) electrons. The van der Waals surface area contributed by atoms with Gasteiger partial charge in [-0.1, -0.05) is 78.9 Å². The molecule has 0 saturated heterocycles. The summed E-state index contributed by atoms with van der Waals surface area (Å²) in [5, 5.41) is 4.72. The molecule has 2 aromatic heterocycles. The molecule has 54 heavy (non-hydrogen) atoms. The number of halogens is 3. The number of aromatic nitrogens is 3. The highest BCUT2D eigenvalue weighted by molar-refractivity contribution is 6.22. The second-order valence-electron chi connectivity index (χ2n) is 17.0. The minimum atomic E-state index is -4.43. The van der Waals surface area contributed by atoms with Crippen LogP contribution in [0.5, 0.6) is 0 Å². The fraction of sp³-hybridized carbons (Fsp3) is 0.250. The Morgan fingerprint density at radius 1 is 0.611 bits per heavy atom. The first-order valence-corrected chi connectivity index (χ1v) is 19.4. The maximum absolute atomic E-state index is 13.7. The molecule has 262 valence electrons. The molecule has 3 nitrogen and oxygen atoms in total. The molecule has 3 bridgehead atoms. The number of fused-ring (bicyclic) bond motifs is 15. The standard InChI is InChI=1S/C48H34F3N3/c49-48(50,51)30-16-13-29(14-17-30)44-45(53-38-12-6-5-11-37(38)52-44)54-39-18-15-28-7-1-2-8-31(28)43(39)34-22-36-33(23-40(34)54)32-9-3-4-10-35(32)47(36)41-20-26-19-27-21-42(47)46(41,24-26)25-27/h1-18,22-23,26-27,41-42H,19-21,24-25H2. The number of hydrogen-bond acceptors (Lipinski definition) is 2. The van der Waals surface area contributed by atoms with Crippen LogP contribution in [0.25, 0.3) is 71.8 Å². The van der Waals surface area contributed by atoms with Crippen LogP contribution in [0, 0.1) is 29.1 Å². The van der Waals surface area contributed by atoms with Crippen molar-refractivity contribution in [3.05, 3.63) is 138 Å². The molecular formula is C48H34F3N3. The van der Waals surface area contributed by atoms with Gasteiger partial charge in [0.15, 0.2) is 5.82 Å². The van der Waals surface area contributed by atoms with Gasteiger partial charge in [-0.3, -0.25) is 4.57 Å². The molecule has 13 rings (SSSR count). The van der Waals surface area contributed by atoms with Gasteiger partial charge in [0.25, 0.3) is 0 Å². The van der Waals surface area contributed by atoms with Crippen molar-refractivity contribution < 1.29 is 13.2 Å². The lowest BCUT2D eigenvalue weighted by molar-refractivity contribution is -0.137. The summed E-state index contributed by atoms with van der Waals surface area (Å²) in [6, 6.07) is 40.3. The largest absolute Gasteiger partial charge is 0.416 e. The van der Waals surface area contributed by atoms with Crippen LogP contribution in [0.15, 0.2) is 121 Å². The van der Waals surface area contributed by atoms with E-state index >= 15 is 0 Å². The van der Waals surface area contributed by atoms with Crippen LogP contribution in [0.4, 0.5) is 13.2 Å². The topological polar surface area (TPSA) is 30.7 Å². The monoisotopic (exact) mass is 709 g/mol. The average Bonchev–Trinajstić information content (AvgIpc) is 3.83. The highest BCUT2D eigenvalue weighted by Gasteiger charge is 2.79. The SMILES string of the molecule is FC(F)(F)c1ccc(-c2nc3ccccc3nc2-n2c3cc4c(cc3c3c5ccccc5ccc32)C2(c3ccccc3-4)C3CC4CC5CC2C3(C4)C5)cc1. The molecule has 2 spiro atoms. The predicted molar refractivity (Wildman–Crippen MR) is 208 cm³/mol. The molecule has 0 N–H and O–H groups in total. The first-order valence-electron chi connectivity index (χ1n) is 19.4. The Hall–Kier alpha value is -5.49. The van der Waals surface area contributed by atoms with E-state index in [-0.39, 0.29) is 5.41 Å². The van der Waals surface area contributed by atoms with Gasteiger partial charge in [-0.25, -0.2) is 9.97 Å². The van der Waals surface area contributed by atoms with Gasteiger partial charge >= 0.3 is 6.18 Å². The van der Waals surface area contributed by atoms with E-state index < -0.39 is 11.7 Å². The van der Waals surface area contributed by atoms with Crippen LogP contribution in [-0.4, -0.2) is 14.5 Å². The van der Waals surface area contributed by atoms with Crippen molar-refractivity contribution in [1.82, 2.24) is 14.5 Å². The molecule has 4 unspecified atom stereocenters. The van der Waals surface area contributed by atoms with Crippen LogP contribution < -0.4 is 0 Å². The van der Waals surface area contributed by atoms with Gasteiger partial charge in [-0.05, 0) is 137 Å². The Morgan fingerprint density at radius 3 is 2.09 bits per heavy atom. The molecule has 5 aliphatic carbocycles. The van der Waals surface area contributed by atoms with Gasteiger partial charge in [-0.2, -0.15) is 13.2 Å². The van der Waals surface area contributed by atoms with Crippen LogP contribution in [0.2, 0.25) is 0 Å². The first kappa shape index (κ1) is 29.9. The number of alkyl halides is 3. The van der Waals surface area contributed by atoms with E-state index in [0.717, 1.165) is 40.5 Å². The minimum Gasteiger partial charge on any atom is -0.292 e. The Morgan fingerprint density at radius 2 is 1.31 bits per heavy atom. The number of hydrogen-bond donors (Lipinski definition) is 0. The zero-order valence-corrected chi connectivity index (χ0v) is 29.4. The van der Waals surface area contributed by atoms with Gasteiger partial charge < -0.3 is 0 Å². The van der Waals surface area contributed by atoms with Crippen molar-refractivity contribution in [2.75, 3.05) is 0 Å². The molecule has 5 aliphatic rings. The number of rotatable bonds is 2. The second-order valence-corrected chi connectivity index (χ2v) is 17.0. The summed E-state index contributed by atoms with van der Waals surface area (Å²) in [5.41, 5.74) is 10.2. The van der Waals surface area contributed by atoms with Crippen molar-refractivity contribution in [2.45, 2.75) is 43.7 Å². The molecule has 0 amide bonds. The van der Waals surface area contributed by atoms with E-state index in [0.29, 0.717) is 39.8 Å². The number of para-hydroxylation sites is 2. The summed E-state index contributed by atoms with van der Waals surface area (Å²) >= 11 is 0. The fourth-order valence-corrected chi connectivity index (χ4v) is 13.3. The lowest BCUT2D eigenvalue weighted by Crippen LogP contribution is -2.62. The van der Waals surface area contributed by atoms with Crippen molar-refractivity contribution in [1.29, 1.82) is 0 Å². The summed E-state index contributed by atoms with van der Waals surface area (Å²) in [6.07, 6.45) is 2.50. The van der Waals surface area contributed by atoms with Crippen molar-refractivity contribution in [2.24, 2.45) is 29.1 Å². The summed E-state index contributed by atoms with van der Waals surface area (Å²) in [6.45, 7) is 0. The van der Waals surface area contributed by atoms with Gasteiger partial charge in [-0.15, -0.1) is 0 Å². The predicted octanol–water partition coefficient (Wildman–Crippen LogP) is 12.3. The van der Waals surface area contributed by atoms with E-state index in [1.54, 1.807) is 0 Å². The van der Waals surface area contributed by atoms with Crippen molar-refractivity contribution in [3.8, 4) is 28.2 Å². The lowest BCUT2D eigenvalue weighted by atomic mass is 9.38. The van der Waals surface area contributed by atoms with E-state index in [9.17, 15) is 13.2 Å². The first-order chi connectivity index (χ1) is 26.3. The molecule has 4 saturated carbocycles. The summed E-state index contributed by atoms with van der Waals surface area (Å²) in [5.74, 6) is 3.68. The van der Waals surface area contributed by atoms with Gasteiger partial charge in [0.05, 0.1) is 27.6 Å². The molecule has 4 atom stereocenters. The Balaban J connectivity index is 1.15. The highest BCUT2D eigenvalue weighted by Crippen LogP contribution is 2.85. The third kappa shape index (κ3) is 3.47. The Kier molecular flexibility index (Phi) is 5.42. The zero-order chi connectivity index (χ0) is 35.7. The van der Waals surface area contributed by atoms with Crippen LogP contribution in [0.1, 0.15) is 48.8 Å². The molecule has 6 aromatic carbocycles. The molecule has 6 heteroatoms. The molecule has 4 fully saturated rings. The van der Waals surface area contributed by atoms with E-state index in [1.807, 2.05) is 24.3 Å². The second kappa shape index (κ2) is 9.78. The fourth-order valence-electron chi connectivity index (χ4n) is 13.3. The zero-order valence-electron chi connectivity index (χ0n) is 29.4. The molecule has 0 aliphatic heterocycles. The number of nitrogens with zero attached hydrogens (tertiary/aromatic N) is 3. The number of benzene rings is 6. The minimum absolute atomic E-state index is 0.0389. The van der Waals surface area contributed by atoms with Gasteiger partial charge in [0, 0.05) is 21.8 Å². The van der Waals surface area contributed by atoms with Gasteiger partial charge in [0.1, 0.15) is 5.69 Å². The van der Waals surface area contributed by atoms with E-state index in [2.05, 4.69) is 77.4 Å². The lowest BCUT2D eigenvalue weighted by Gasteiger charge is -2.64. The smallest absolute Gasteiger partial charge is 0.292 e. The summed E-state index contributed by atoms with van der Waals surface area (Å²) < 4.78 is 43.5. The summed E-state index contributed by atoms with van der Waals surface area (Å²) in [7, 11) is 0. The third-order valence-electron chi connectivity index (χ3n) is 14.8. The maximum Gasteiger partial charge on any atom is 0.416 e. The molecular weight excluding hydrogens is 676 g/mol. The average molecular weight is 710 g/mol. The maximum atomic E-state index is 13.7. The van der Waals surface area contributed by atoms with Crippen LogP contribution >= 0.6 is 0 Å². The van der Waals surface area contributed by atoms with Crippen molar-refractivity contribution >= 4 is 43.6 Å². The Bertz CT molecular complexity index is 2930. The van der Waals surface area contributed by atoms with Crippen LogP contribution in [-0.2, 0) is 11.6 Å². The normalized spacial score (nSPS) is 27.3. The summed E-state index contributed by atoms with van der Waals surface area (Å²) in [4.78, 5) is 10.5.